The van der Waals surface area contributed by atoms with Crippen LogP contribution in [0.15, 0.2) is 42.6 Å². The number of aromatic amines is 2. The highest BCUT2D eigenvalue weighted by atomic mass is 19.4. The summed E-state index contributed by atoms with van der Waals surface area (Å²) < 4.78 is 50.2. The van der Waals surface area contributed by atoms with E-state index in [-0.39, 0.29) is 12.2 Å². The van der Waals surface area contributed by atoms with Crippen molar-refractivity contribution in [3.8, 4) is 0 Å². The molecule has 0 aliphatic heterocycles. The number of halogens is 4. The summed E-state index contributed by atoms with van der Waals surface area (Å²) in [5.41, 5.74) is 2.34. The molecular formula is C19H15F4N5O. The van der Waals surface area contributed by atoms with Gasteiger partial charge in [-0.3, -0.25) is 9.89 Å². The summed E-state index contributed by atoms with van der Waals surface area (Å²) >= 11 is 0. The Morgan fingerprint density at radius 1 is 1.07 bits per heavy atom. The Bertz CT molecular complexity index is 1190. The summed E-state index contributed by atoms with van der Waals surface area (Å²) in [6.07, 6.45) is -2.73. The molecule has 4 rings (SSSR count). The first-order valence-corrected chi connectivity index (χ1v) is 8.62. The van der Waals surface area contributed by atoms with Gasteiger partial charge in [0.15, 0.2) is 5.69 Å². The van der Waals surface area contributed by atoms with Gasteiger partial charge in [-0.15, -0.1) is 0 Å². The van der Waals surface area contributed by atoms with Gasteiger partial charge in [0.05, 0.1) is 17.7 Å². The minimum absolute atomic E-state index is 0.0247. The first kappa shape index (κ1) is 18.9. The smallest absolute Gasteiger partial charge is 0.359 e. The van der Waals surface area contributed by atoms with Crippen molar-refractivity contribution in [3.05, 3.63) is 59.7 Å². The van der Waals surface area contributed by atoms with E-state index < -0.39 is 24.4 Å². The van der Waals surface area contributed by atoms with Crippen molar-refractivity contribution in [2.45, 2.75) is 12.7 Å². The number of fused-ring (bicyclic) bond motifs is 2. The number of rotatable bonds is 5. The van der Waals surface area contributed by atoms with Gasteiger partial charge in [-0.2, -0.15) is 18.3 Å². The van der Waals surface area contributed by atoms with E-state index in [4.69, 9.17) is 0 Å². The fraction of sp³-hybridized carbons (Fsp3) is 0.158. The molecule has 29 heavy (non-hydrogen) atoms. The molecule has 0 aliphatic carbocycles. The average molecular weight is 405 g/mol. The summed E-state index contributed by atoms with van der Waals surface area (Å²) in [6, 6.07) is 9.06. The van der Waals surface area contributed by atoms with Gasteiger partial charge in [-0.1, -0.05) is 12.1 Å². The van der Waals surface area contributed by atoms with Gasteiger partial charge < -0.3 is 15.6 Å². The van der Waals surface area contributed by atoms with Crippen LogP contribution in [0.3, 0.4) is 0 Å². The predicted octanol–water partition coefficient (Wildman–Crippen LogP) is 4.09. The Labute approximate surface area is 161 Å². The second-order valence-corrected chi connectivity index (χ2v) is 6.52. The van der Waals surface area contributed by atoms with Gasteiger partial charge in [0, 0.05) is 29.0 Å². The standard InChI is InChI=1S/C19H15F4N5O/c20-11-2-4-14-13(6-11)16(8-25-14)26-18(29)17-12-3-1-10(5-15(12)27-28-17)7-24-9-19(21,22)23/h1-6,8,24-25H,7,9H2,(H,26,29)(H,27,28). The molecule has 4 N–H and O–H groups in total. The molecule has 2 aromatic carbocycles. The van der Waals surface area contributed by atoms with Gasteiger partial charge in [0.25, 0.3) is 5.91 Å². The number of carbonyl (C=O) groups excluding carboxylic acids is 1. The minimum Gasteiger partial charge on any atom is -0.359 e. The topological polar surface area (TPSA) is 85.6 Å². The third-order valence-corrected chi connectivity index (χ3v) is 4.39. The molecule has 10 heteroatoms. The maximum atomic E-state index is 13.5. The normalized spacial score (nSPS) is 12.0. The van der Waals surface area contributed by atoms with Crippen LogP contribution in [-0.4, -0.2) is 33.8 Å². The number of alkyl halides is 3. The van der Waals surface area contributed by atoms with Gasteiger partial charge in [-0.05, 0) is 29.8 Å². The Morgan fingerprint density at radius 2 is 1.90 bits per heavy atom. The molecule has 0 atom stereocenters. The lowest BCUT2D eigenvalue weighted by molar-refractivity contribution is -0.125. The van der Waals surface area contributed by atoms with Gasteiger partial charge >= 0.3 is 6.18 Å². The van der Waals surface area contributed by atoms with Crippen molar-refractivity contribution < 1.29 is 22.4 Å². The van der Waals surface area contributed by atoms with E-state index in [0.29, 0.717) is 33.1 Å². The number of anilines is 1. The summed E-state index contributed by atoms with van der Waals surface area (Å²) in [5, 5.41) is 12.8. The molecule has 0 unspecified atom stereocenters. The van der Waals surface area contributed by atoms with Crippen molar-refractivity contribution in [2.24, 2.45) is 0 Å². The van der Waals surface area contributed by atoms with E-state index in [2.05, 4.69) is 25.8 Å². The molecule has 0 radical (unpaired) electrons. The molecule has 0 spiro atoms. The zero-order chi connectivity index (χ0) is 20.6. The van der Waals surface area contributed by atoms with Crippen LogP contribution in [0.4, 0.5) is 23.2 Å². The second-order valence-electron chi connectivity index (χ2n) is 6.52. The van der Waals surface area contributed by atoms with E-state index >= 15 is 0 Å². The van der Waals surface area contributed by atoms with Crippen LogP contribution in [0.5, 0.6) is 0 Å². The molecule has 2 heterocycles. The molecule has 0 aliphatic rings. The fourth-order valence-corrected chi connectivity index (χ4v) is 3.08. The zero-order valence-corrected chi connectivity index (χ0v) is 14.8. The van der Waals surface area contributed by atoms with Crippen LogP contribution in [0.2, 0.25) is 0 Å². The molecule has 0 fully saturated rings. The van der Waals surface area contributed by atoms with Crippen molar-refractivity contribution in [2.75, 3.05) is 11.9 Å². The Balaban J connectivity index is 1.53. The monoisotopic (exact) mass is 405 g/mol. The maximum absolute atomic E-state index is 13.5. The largest absolute Gasteiger partial charge is 0.401 e. The third kappa shape index (κ3) is 4.06. The van der Waals surface area contributed by atoms with Crippen LogP contribution >= 0.6 is 0 Å². The van der Waals surface area contributed by atoms with Crippen molar-refractivity contribution in [3.63, 3.8) is 0 Å². The summed E-state index contributed by atoms with van der Waals surface area (Å²) in [6.45, 7) is -1.07. The number of carbonyl (C=O) groups is 1. The second kappa shape index (κ2) is 7.21. The predicted molar refractivity (Wildman–Crippen MR) is 100 cm³/mol. The van der Waals surface area contributed by atoms with E-state index in [1.165, 1.54) is 12.1 Å². The van der Waals surface area contributed by atoms with E-state index in [0.717, 1.165) is 0 Å². The molecule has 2 aromatic heterocycles. The molecule has 0 saturated heterocycles. The number of nitrogens with zero attached hydrogens (tertiary/aromatic N) is 1. The average Bonchev–Trinajstić information content (AvgIpc) is 3.24. The van der Waals surface area contributed by atoms with Crippen LogP contribution in [-0.2, 0) is 6.54 Å². The third-order valence-electron chi connectivity index (χ3n) is 4.39. The molecule has 6 nitrogen and oxygen atoms in total. The van der Waals surface area contributed by atoms with Crippen molar-refractivity contribution in [1.29, 1.82) is 0 Å². The van der Waals surface area contributed by atoms with Crippen LogP contribution in [0.25, 0.3) is 21.8 Å². The lowest BCUT2D eigenvalue weighted by Crippen LogP contribution is -2.28. The highest BCUT2D eigenvalue weighted by Gasteiger charge is 2.26. The summed E-state index contributed by atoms with van der Waals surface area (Å²) in [5.74, 6) is -0.922. The number of H-pyrrole nitrogens is 2. The molecule has 1 amide bonds. The van der Waals surface area contributed by atoms with E-state index in [1.807, 2.05) is 0 Å². The SMILES string of the molecule is O=C(Nc1c[nH]c2ccc(F)cc12)c1n[nH]c2cc(CNCC(F)(F)F)ccc12. The lowest BCUT2D eigenvalue weighted by atomic mass is 10.1. The maximum Gasteiger partial charge on any atom is 0.401 e. The first-order valence-electron chi connectivity index (χ1n) is 8.62. The van der Waals surface area contributed by atoms with Gasteiger partial charge in [0.1, 0.15) is 5.82 Å². The minimum atomic E-state index is -4.28. The molecular weight excluding hydrogens is 390 g/mol. The first-order chi connectivity index (χ1) is 13.8. The number of amides is 1. The molecule has 0 saturated carbocycles. The molecule has 150 valence electrons. The number of hydrogen-bond donors (Lipinski definition) is 4. The Kier molecular flexibility index (Phi) is 4.71. The fourth-order valence-electron chi connectivity index (χ4n) is 3.08. The number of hydrogen-bond acceptors (Lipinski definition) is 3. The van der Waals surface area contributed by atoms with Crippen LogP contribution in [0.1, 0.15) is 16.1 Å². The lowest BCUT2D eigenvalue weighted by Gasteiger charge is -2.08. The Hall–Kier alpha value is -3.40. The van der Waals surface area contributed by atoms with Gasteiger partial charge in [0.2, 0.25) is 0 Å². The highest BCUT2D eigenvalue weighted by molar-refractivity contribution is 6.13. The summed E-state index contributed by atoms with van der Waals surface area (Å²) in [7, 11) is 0. The van der Waals surface area contributed by atoms with Gasteiger partial charge in [-0.25, -0.2) is 4.39 Å². The number of aromatic nitrogens is 3. The van der Waals surface area contributed by atoms with Crippen molar-refractivity contribution >= 4 is 33.4 Å². The van der Waals surface area contributed by atoms with E-state index in [1.54, 1.807) is 30.5 Å². The molecule has 4 aromatic rings. The number of nitrogens with one attached hydrogen (secondary N) is 4. The number of benzene rings is 2. The van der Waals surface area contributed by atoms with Crippen molar-refractivity contribution in [1.82, 2.24) is 20.5 Å². The highest BCUT2D eigenvalue weighted by Crippen LogP contribution is 2.25. The Morgan fingerprint density at radius 3 is 2.69 bits per heavy atom. The van der Waals surface area contributed by atoms with Crippen LogP contribution in [0, 0.1) is 5.82 Å². The quantitative estimate of drug-likeness (QED) is 0.378. The van der Waals surface area contributed by atoms with E-state index in [9.17, 15) is 22.4 Å². The molecule has 0 bridgehead atoms. The summed E-state index contributed by atoms with van der Waals surface area (Å²) in [4.78, 5) is 15.6. The zero-order valence-electron chi connectivity index (χ0n) is 14.8. The van der Waals surface area contributed by atoms with Crippen LogP contribution < -0.4 is 10.6 Å².